The summed E-state index contributed by atoms with van der Waals surface area (Å²) in [7, 11) is 0. The SMILES string of the molecule is C[C@H]1CCCN(C(=O)CN2C(=O)N[C@]3(CCCc4ccccc43)C2=O)C1. The lowest BCUT2D eigenvalue weighted by molar-refractivity contribution is -0.140. The van der Waals surface area contributed by atoms with Crippen molar-refractivity contribution in [2.45, 2.75) is 44.6 Å². The minimum absolute atomic E-state index is 0.138. The number of imide groups is 1. The van der Waals surface area contributed by atoms with Crippen molar-refractivity contribution in [2.24, 2.45) is 5.92 Å². The van der Waals surface area contributed by atoms with E-state index < -0.39 is 11.6 Å². The second-order valence-corrected chi connectivity index (χ2v) is 7.82. The first-order valence-electron chi connectivity index (χ1n) is 9.51. The van der Waals surface area contributed by atoms with Crippen LogP contribution in [0.1, 0.15) is 43.7 Å². The topological polar surface area (TPSA) is 69.7 Å². The first kappa shape index (κ1) is 17.1. The lowest BCUT2D eigenvalue weighted by Crippen LogP contribution is -2.48. The van der Waals surface area contributed by atoms with E-state index in [1.54, 1.807) is 4.90 Å². The average molecular weight is 355 g/mol. The molecular formula is C20H25N3O3. The fourth-order valence-electron chi connectivity index (χ4n) is 4.61. The molecule has 4 rings (SSSR count). The largest absolute Gasteiger partial charge is 0.341 e. The maximum atomic E-state index is 13.2. The van der Waals surface area contributed by atoms with E-state index in [2.05, 4.69) is 12.2 Å². The summed E-state index contributed by atoms with van der Waals surface area (Å²) in [4.78, 5) is 41.3. The van der Waals surface area contributed by atoms with Crippen LogP contribution >= 0.6 is 0 Å². The number of nitrogens with zero attached hydrogens (tertiary/aromatic N) is 2. The highest BCUT2D eigenvalue weighted by atomic mass is 16.2. The van der Waals surface area contributed by atoms with E-state index in [9.17, 15) is 14.4 Å². The summed E-state index contributed by atoms with van der Waals surface area (Å²) in [6.45, 7) is 3.37. The monoisotopic (exact) mass is 355 g/mol. The Labute approximate surface area is 153 Å². The van der Waals surface area contributed by atoms with Gasteiger partial charge in [0.15, 0.2) is 0 Å². The number of carbonyl (C=O) groups is 3. The van der Waals surface area contributed by atoms with Gasteiger partial charge in [0.2, 0.25) is 5.91 Å². The number of aryl methyl sites for hydroxylation is 1. The highest BCUT2D eigenvalue weighted by Crippen LogP contribution is 2.39. The summed E-state index contributed by atoms with van der Waals surface area (Å²) in [6.07, 6.45) is 4.43. The summed E-state index contributed by atoms with van der Waals surface area (Å²) < 4.78 is 0. The number of nitrogens with one attached hydrogen (secondary N) is 1. The van der Waals surface area contributed by atoms with Crippen LogP contribution in [0.5, 0.6) is 0 Å². The lowest BCUT2D eigenvalue weighted by Gasteiger charge is -2.34. The van der Waals surface area contributed by atoms with Gasteiger partial charge >= 0.3 is 6.03 Å². The molecule has 1 aliphatic carbocycles. The molecule has 1 spiro atoms. The second kappa shape index (κ2) is 6.41. The van der Waals surface area contributed by atoms with Crippen molar-refractivity contribution in [3.8, 4) is 0 Å². The molecule has 4 amide bonds. The number of fused-ring (bicyclic) bond motifs is 2. The fraction of sp³-hybridized carbons (Fsp3) is 0.550. The van der Waals surface area contributed by atoms with Crippen molar-refractivity contribution in [3.05, 3.63) is 35.4 Å². The Morgan fingerprint density at radius 2 is 2.08 bits per heavy atom. The fourth-order valence-corrected chi connectivity index (χ4v) is 4.61. The third kappa shape index (κ3) is 2.68. The van der Waals surface area contributed by atoms with E-state index in [0.717, 1.165) is 41.7 Å². The average Bonchev–Trinajstić information content (AvgIpc) is 2.87. The molecular weight excluding hydrogens is 330 g/mol. The molecule has 0 aromatic heterocycles. The molecule has 6 nitrogen and oxygen atoms in total. The van der Waals surface area contributed by atoms with Crippen molar-refractivity contribution >= 4 is 17.8 Å². The van der Waals surface area contributed by atoms with Gasteiger partial charge in [-0.3, -0.25) is 14.5 Å². The number of piperidine rings is 1. The van der Waals surface area contributed by atoms with Gasteiger partial charge in [-0.15, -0.1) is 0 Å². The van der Waals surface area contributed by atoms with Gasteiger partial charge in [0.1, 0.15) is 12.1 Å². The number of hydrogen-bond donors (Lipinski definition) is 1. The molecule has 2 aliphatic heterocycles. The first-order chi connectivity index (χ1) is 12.5. The van der Waals surface area contributed by atoms with Gasteiger partial charge in [0.25, 0.3) is 5.91 Å². The van der Waals surface area contributed by atoms with Crippen molar-refractivity contribution < 1.29 is 14.4 Å². The van der Waals surface area contributed by atoms with Gasteiger partial charge in [-0.2, -0.15) is 0 Å². The smallest absolute Gasteiger partial charge is 0.325 e. The zero-order valence-corrected chi connectivity index (χ0v) is 15.2. The van der Waals surface area contributed by atoms with Gasteiger partial charge in [-0.1, -0.05) is 31.2 Å². The zero-order valence-electron chi connectivity index (χ0n) is 15.2. The third-order valence-corrected chi connectivity index (χ3v) is 5.95. The molecule has 0 unspecified atom stereocenters. The van der Waals surface area contributed by atoms with E-state index in [0.29, 0.717) is 25.4 Å². The Bertz CT molecular complexity index is 762. The van der Waals surface area contributed by atoms with Crippen LogP contribution in [0, 0.1) is 5.92 Å². The van der Waals surface area contributed by atoms with Gasteiger partial charge in [0.05, 0.1) is 0 Å². The van der Waals surface area contributed by atoms with Gasteiger partial charge in [-0.05, 0) is 49.1 Å². The van der Waals surface area contributed by atoms with Crippen molar-refractivity contribution in [2.75, 3.05) is 19.6 Å². The highest BCUT2D eigenvalue weighted by molar-refractivity contribution is 6.09. The molecule has 26 heavy (non-hydrogen) atoms. The normalized spacial score (nSPS) is 28.3. The Hall–Kier alpha value is -2.37. The van der Waals surface area contributed by atoms with Crippen LogP contribution in [-0.4, -0.2) is 47.3 Å². The molecule has 1 aromatic carbocycles. The Morgan fingerprint density at radius 3 is 2.88 bits per heavy atom. The zero-order chi connectivity index (χ0) is 18.3. The molecule has 0 saturated carbocycles. The maximum absolute atomic E-state index is 13.2. The second-order valence-electron chi connectivity index (χ2n) is 7.82. The van der Waals surface area contributed by atoms with Crippen LogP contribution < -0.4 is 5.32 Å². The number of rotatable bonds is 2. The van der Waals surface area contributed by atoms with Crippen LogP contribution in [0.2, 0.25) is 0 Å². The number of amides is 4. The van der Waals surface area contributed by atoms with E-state index in [-0.39, 0.29) is 18.4 Å². The van der Waals surface area contributed by atoms with Gasteiger partial charge < -0.3 is 10.2 Å². The first-order valence-corrected chi connectivity index (χ1v) is 9.51. The predicted octanol–water partition coefficient (Wildman–Crippen LogP) is 2.03. The third-order valence-electron chi connectivity index (χ3n) is 5.95. The van der Waals surface area contributed by atoms with Crippen LogP contribution in [0.4, 0.5) is 4.79 Å². The quantitative estimate of drug-likeness (QED) is 0.825. The summed E-state index contributed by atoms with van der Waals surface area (Å²) in [6, 6.07) is 7.33. The van der Waals surface area contributed by atoms with Gasteiger partial charge in [-0.25, -0.2) is 4.79 Å². The van der Waals surface area contributed by atoms with Crippen molar-refractivity contribution in [1.82, 2.24) is 15.1 Å². The summed E-state index contributed by atoms with van der Waals surface area (Å²) in [5, 5.41) is 2.91. The summed E-state index contributed by atoms with van der Waals surface area (Å²) in [5.41, 5.74) is 0.984. The van der Waals surface area contributed by atoms with Crippen LogP contribution in [-0.2, 0) is 21.5 Å². The number of urea groups is 1. The molecule has 0 radical (unpaired) electrons. The standard InChI is InChI=1S/C20H25N3O3/c1-14-6-5-11-22(12-14)17(24)13-23-18(25)20(21-19(23)26)10-4-8-15-7-2-3-9-16(15)20/h2-3,7,9,14H,4-6,8,10-13H2,1H3,(H,21,26)/t14-,20-/m0/s1. The van der Waals surface area contributed by atoms with E-state index in [1.165, 1.54) is 0 Å². The molecule has 2 heterocycles. The Kier molecular flexibility index (Phi) is 4.21. The van der Waals surface area contributed by atoms with Crippen LogP contribution in [0.3, 0.4) is 0 Å². The number of likely N-dealkylation sites (tertiary alicyclic amines) is 1. The summed E-state index contributed by atoms with van der Waals surface area (Å²) in [5.74, 6) is 0.0432. The van der Waals surface area contributed by atoms with E-state index >= 15 is 0 Å². The van der Waals surface area contributed by atoms with E-state index in [4.69, 9.17) is 0 Å². The molecule has 2 fully saturated rings. The Morgan fingerprint density at radius 1 is 1.27 bits per heavy atom. The minimum Gasteiger partial charge on any atom is -0.341 e. The van der Waals surface area contributed by atoms with Crippen LogP contribution in [0.15, 0.2) is 24.3 Å². The molecule has 138 valence electrons. The minimum atomic E-state index is -0.999. The summed E-state index contributed by atoms with van der Waals surface area (Å²) >= 11 is 0. The predicted molar refractivity (Wildman–Crippen MR) is 96.3 cm³/mol. The number of carbonyl (C=O) groups excluding carboxylic acids is 3. The highest BCUT2D eigenvalue weighted by Gasteiger charge is 2.54. The Balaban J connectivity index is 1.56. The van der Waals surface area contributed by atoms with Crippen LogP contribution in [0.25, 0.3) is 0 Å². The molecule has 2 saturated heterocycles. The molecule has 6 heteroatoms. The molecule has 0 bridgehead atoms. The molecule has 1 aromatic rings. The molecule has 2 atom stereocenters. The lowest BCUT2D eigenvalue weighted by atomic mass is 9.76. The number of hydrogen-bond acceptors (Lipinski definition) is 3. The molecule has 1 N–H and O–H groups in total. The van der Waals surface area contributed by atoms with Crippen molar-refractivity contribution in [1.29, 1.82) is 0 Å². The number of benzene rings is 1. The van der Waals surface area contributed by atoms with E-state index in [1.807, 2.05) is 24.3 Å². The molecule has 3 aliphatic rings. The van der Waals surface area contributed by atoms with Gasteiger partial charge in [0, 0.05) is 13.1 Å². The maximum Gasteiger partial charge on any atom is 0.325 e. The van der Waals surface area contributed by atoms with Crippen molar-refractivity contribution in [3.63, 3.8) is 0 Å².